The van der Waals surface area contributed by atoms with E-state index in [1.807, 2.05) is 31.7 Å². The van der Waals surface area contributed by atoms with Gasteiger partial charge in [0.25, 0.3) is 5.91 Å². The SMILES string of the molecule is Cc1cc(OC(C)C)ncc1N1C(=O)NC2=C(C(=O)N[C@@H]3CC[C@H](N)C3)SC3NCCC1C23. The lowest BCUT2D eigenvalue weighted by molar-refractivity contribution is -0.117. The summed E-state index contributed by atoms with van der Waals surface area (Å²) in [6.07, 6.45) is 5.18. The Kier molecular flexibility index (Phi) is 6.00. The molecular weight excluding hydrogens is 440 g/mol. The van der Waals surface area contributed by atoms with Gasteiger partial charge >= 0.3 is 6.03 Å². The number of aryl methyl sites for hydroxylation is 1. The van der Waals surface area contributed by atoms with Crippen LogP contribution in [0.2, 0.25) is 0 Å². The lowest BCUT2D eigenvalue weighted by atomic mass is 9.86. The third-order valence-electron chi connectivity index (χ3n) is 6.83. The normalized spacial score (nSPS) is 31.0. The second-order valence-electron chi connectivity index (χ2n) is 9.64. The minimum Gasteiger partial charge on any atom is -0.475 e. The molecule has 4 heterocycles. The zero-order chi connectivity index (χ0) is 23.3. The van der Waals surface area contributed by atoms with Crippen molar-refractivity contribution in [2.75, 3.05) is 11.4 Å². The van der Waals surface area contributed by atoms with Gasteiger partial charge in [0.1, 0.15) is 0 Å². The molecule has 1 aromatic heterocycles. The third-order valence-corrected chi connectivity index (χ3v) is 8.18. The maximum absolute atomic E-state index is 13.4. The molecule has 178 valence electrons. The van der Waals surface area contributed by atoms with Crippen molar-refractivity contribution in [1.29, 1.82) is 0 Å². The molecule has 0 spiro atoms. The van der Waals surface area contributed by atoms with Crippen molar-refractivity contribution < 1.29 is 14.3 Å². The zero-order valence-electron chi connectivity index (χ0n) is 19.3. The Balaban J connectivity index is 1.42. The average Bonchev–Trinajstić information content (AvgIpc) is 3.33. The van der Waals surface area contributed by atoms with Gasteiger partial charge in [-0.25, -0.2) is 9.78 Å². The highest BCUT2D eigenvalue weighted by Gasteiger charge is 2.52. The summed E-state index contributed by atoms with van der Waals surface area (Å²) < 4.78 is 5.71. The van der Waals surface area contributed by atoms with E-state index in [4.69, 9.17) is 10.5 Å². The Morgan fingerprint density at radius 3 is 2.88 bits per heavy atom. The smallest absolute Gasteiger partial charge is 0.326 e. The summed E-state index contributed by atoms with van der Waals surface area (Å²) in [6, 6.07) is 1.86. The summed E-state index contributed by atoms with van der Waals surface area (Å²) in [5.74, 6) is 0.458. The number of piperidine rings is 1. The van der Waals surface area contributed by atoms with Crippen LogP contribution in [0.15, 0.2) is 22.9 Å². The van der Waals surface area contributed by atoms with Crippen LogP contribution in [0, 0.1) is 12.8 Å². The molecule has 1 saturated carbocycles. The quantitative estimate of drug-likeness (QED) is 0.517. The van der Waals surface area contributed by atoms with Crippen LogP contribution in [0.5, 0.6) is 5.88 Å². The molecule has 5 N–H and O–H groups in total. The van der Waals surface area contributed by atoms with Gasteiger partial charge in [0, 0.05) is 29.8 Å². The Morgan fingerprint density at radius 1 is 1.36 bits per heavy atom. The fourth-order valence-electron chi connectivity index (χ4n) is 5.38. The van der Waals surface area contributed by atoms with E-state index in [1.54, 1.807) is 6.20 Å². The molecular formula is C23H32N6O3S. The maximum Gasteiger partial charge on any atom is 0.326 e. The Labute approximate surface area is 198 Å². The van der Waals surface area contributed by atoms with Crippen molar-refractivity contribution in [2.24, 2.45) is 11.7 Å². The molecule has 0 bridgehead atoms. The highest BCUT2D eigenvalue weighted by Crippen LogP contribution is 2.48. The topological polar surface area (TPSA) is 122 Å². The van der Waals surface area contributed by atoms with Gasteiger partial charge < -0.3 is 26.4 Å². The largest absolute Gasteiger partial charge is 0.475 e. The number of urea groups is 1. The fourth-order valence-corrected chi connectivity index (χ4v) is 6.78. The molecule has 3 fully saturated rings. The van der Waals surface area contributed by atoms with E-state index in [0.29, 0.717) is 10.8 Å². The fraction of sp³-hybridized carbons (Fsp3) is 0.609. The average molecular weight is 473 g/mol. The van der Waals surface area contributed by atoms with Crippen molar-refractivity contribution in [3.63, 3.8) is 0 Å². The predicted octanol–water partition coefficient (Wildman–Crippen LogP) is 1.97. The van der Waals surface area contributed by atoms with Gasteiger partial charge in [-0.1, -0.05) is 11.8 Å². The molecule has 1 aliphatic carbocycles. The van der Waals surface area contributed by atoms with Crippen LogP contribution in [-0.4, -0.2) is 53.1 Å². The van der Waals surface area contributed by atoms with E-state index < -0.39 is 0 Å². The number of hydrogen-bond donors (Lipinski definition) is 4. The number of carbonyl (C=O) groups is 2. The van der Waals surface area contributed by atoms with E-state index in [2.05, 4.69) is 20.9 Å². The Morgan fingerprint density at radius 2 is 2.18 bits per heavy atom. The Bertz CT molecular complexity index is 998. The zero-order valence-corrected chi connectivity index (χ0v) is 20.1. The summed E-state index contributed by atoms with van der Waals surface area (Å²) in [7, 11) is 0. The lowest BCUT2D eigenvalue weighted by Gasteiger charge is -2.46. The molecule has 3 unspecified atom stereocenters. The molecule has 1 aromatic rings. The Hall–Kier alpha value is -2.30. The monoisotopic (exact) mass is 472 g/mol. The first-order chi connectivity index (χ1) is 15.8. The van der Waals surface area contributed by atoms with Crippen molar-refractivity contribution in [3.8, 4) is 5.88 Å². The van der Waals surface area contributed by atoms with Crippen molar-refractivity contribution in [2.45, 2.75) is 76.1 Å². The van der Waals surface area contributed by atoms with Crippen LogP contribution in [0.25, 0.3) is 0 Å². The van der Waals surface area contributed by atoms with Crippen LogP contribution >= 0.6 is 11.8 Å². The highest BCUT2D eigenvalue weighted by atomic mass is 32.2. The number of nitrogens with one attached hydrogen (secondary N) is 3. The van der Waals surface area contributed by atoms with Crippen LogP contribution in [-0.2, 0) is 4.79 Å². The van der Waals surface area contributed by atoms with Gasteiger partial charge in [-0.05, 0) is 58.6 Å². The molecule has 3 amide bonds. The van der Waals surface area contributed by atoms with Crippen LogP contribution in [0.4, 0.5) is 10.5 Å². The van der Waals surface area contributed by atoms with Crippen LogP contribution in [0.1, 0.15) is 45.1 Å². The summed E-state index contributed by atoms with van der Waals surface area (Å²) in [5.41, 5.74) is 8.46. The number of carbonyl (C=O) groups excluding carboxylic acids is 2. The number of ether oxygens (including phenoxy) is 1. The van der Waals surface area contributed by atoms with Gasteiger partial charge in [0.15, 0.2) is 0 Å². The second kappa shape index (κ2) is 8.81. The molecule has 2 saturated heterocycles. The van der Waals surface area contributed by atoms with Crippen molar-refractivity contribution in [1.82, 2.24) is 20.9 Å². The molecule has 0 aromatic carbocycles. The molecule has 5 atom stereocenters. The minimum absolute atomic E-state index is 0.0130. The number of amides is 3. The van der Waals surface area contributed by atoms with Crippen LogP contribution in [0.3, 0.4) is 0 Å². The summed E-state index contributed by atoms with van der Waals surface area (Å²) in [5, 5.41) is 9.78. The number of thioether (sulfide) groups is 1. The van der Waals surface area contributed by atoms with Gasteiger partial charge in [-0.3, -0.25) is 9.69 Å². The summed E-state index contributed by atoms with van der Waals surface area (Å²) >= 11 is 1.52. The molecule has 33 heavy (non-hydrogen) atoms. The van der Waals surface area contributed by atoms with E-state index >= 15 is 0 Å². The second-order valence-corrected chi connectivity index (χ2v) is 10.8. The molecule has 3 aliphatic heterocycles. The standard InChI is InChI=1S/C23H32N6O3S/c1-11(2)32-17-8-12(3)16(10-26-17)29-15-6-7-25-22-18(15)19(28-23(29)31)20(33-22)21(30)27-14-5-4-13(24)9-14/h8,10-11,13-15,18,22,25H,4-7,9,24H2,1-3H3,(H,27,30)(H,28,31)/t13-,14+,15?,18?,22?/m0/s1. The highest BCUT2D eigenvalue weighted by molar-refractivity contribution is 8.04. The van der Waals surface area contributed by atoms with Crippen LogP contribution < -0.4 is 31.3 Å². The van der Waals surface area contributed by atoms with Crippen molar-refractivity contribution in [3.05, 3.63) is 28.4 Å². The number of hydrogen-bond acceptors (Lipinski definition) is 7. The van der Waals surface area contributed by atoms with Gasteiger partial charge in [-0.2, -0.15) is 0 Å². The lowest BCUT2D eigenvalue weighted by Crippen LogP contribution is -2.62. The summed E-state index contributed by atoms with van der Waals surface area (Å²) in [4.78, 5) is 33.4. The van der Waals surface area contributed by atoms with E-state index in [1.165, 1.54) is 11.8 Å². The van der Waals surface area contributed by atoms with E-state index in [0.717, 1.165) is 49.2 Å². The van der Waals surface area contributed by atoms with Gasteiger partial charge in [0.05, 0.1) is 34.3 Å². The predicted molar refractivity (Wildman–Crippen MR) is 128 cm³/mol. The number of pyridine rings is 1. The molecule has 10 heteroatoms. The number of rotatable bonds is 5. The van der Waals surface area contributed by atoms with Crippen molar-refractivity contribution >= 4 is 29.4 Å². The van der Waals surface area contributed by atoms with Gasteiger partial charge in [0.2, 0.25) is 5.88 Å². The van der Waals surface area contributed by atoms with E-state index in [-0.39, 0.29) is 47.5 Å². The molecule has 5 rings (SSSR count). The maximum atomic E-state index is 13.4. The number of nitrogens with two attached hydrogens (primary N) is 1. The molecule has 0 radical (unpaired) electrons. The molecule has 9 nitrogen and oxygen atoms in total. The number of anilines is 1. The first-order valence-electron chi connectivity index (χ1n) is 11.8. The summed E-state index contributed by atoms with van der Waals surface area (Å²) in [6.45, 7) is 6.66. The number of aromatic nitrogens is 1. The first-order valence-corrected chi connectivity index (χ1v) is 12.6. The number of nitrogens with zero attached hydrogens (tertiary/aromatic N) is 2. The van der Waals surface area contributed by atoms with E-state index in [9.17, 15) is 9.59 Å². The molecule has 4 aliphatic rings. The van der Waals surface area contributed by atoms with Gasteiger partial charge in [-0.15, -0.1) is 0 Å². The third kappa shape index (κ3) is 4.20. The first kappa shape index (κ1) is 22.5. The minimum atomic E-state index is -0.218.